The first-order valence-electron chi connectivity index (χ1n) is 6.45. The highest BCUT2D eigenvalue weighted by Crippen LogP contribution is 2.15. The lowest BCUT2D eigenvalue weighted by atomic mass is 10.1. The van der Waals surface area contributed by atoms with E-state index >= 15 is 0 Å². The van der Waals surface area contributed by atoms with Gasteiger partial charge in [-0.05, 0) is 18.6 Å². The highest BCUT2D eigenvalue weighted by atomic mass is 32.2. The summed E-state index contributed by atoms with van der Waals surface area (Å²) in [7, 11) is 0. The van der Waals surface area contributed by atoms with Gasteiger partial charge in [0.05, 0.1) is 6.04 Å². The zero-order valence-electron chi connectivity index (χ0n) is 10.9. The van der Waals surface area contributed by atoms with Gasteiger partial charge in [0, 0.05) is 17.2 Å². The molecular formula is C14H22N2OS. The third kappa shape index (κ3) is 6.07. The molecule has 0 saturated carbocycles. The van der Waals surface area contributed by atoms with Crippen molar-refractivity contribution in [1.82, 2.24) is 5.32 Å². The standard InChI is InChI=1S/C14H22N2OS/c1-2-3-9-13(15)14(17)16-10-11-18-12-7-5-4-6-8-12/h4-8,13H,2-3,9-11,15H2,1H3,(H,16,17). The van der Waals surface area contributed by atoms with Gasteiger partial charge in [0.2, 0.25) is 5.91 Å². The Morgan fingerprint density at radius 2 is 2.11 bits per heavy atom. The summed E-state index contributed by atoms with van der Waals surface area (Å²) in [5, 5.41) is 2.88. The van der Waals surface area contributed by atoms with Gasteiger partial charge in [0.1, 0.15) is 0 Å². The zero-order chi connectivity index (χ0) is 13.2. The van der Waals surface area contributed by atoms with Crippen LogP contribution in [0.1, 0.15) is 26.2 Å². The summed E-state index contributed by atoms with van der Waals surface area (Å²) >= 11 is 1.74. The van der Waals surface area contributed by atoms with Crippen LogP contribution in [-0.4, -0.2) is 24.2 Å². The molecule has 1 unspecified atom stereocenters. The second-order valence-electron chi connectivity index (χ2n) is 4.20. The Bertz CT molecular complexity index is 343. The van der Waals surface area contributed by atoms with E-state index in [1.54, 1.807) is 11.8 Å². The lowest BCUT2D eigenvalue weighted by molar-refractivity contribution is -0.122. The minimum atomic E-state index is -0.355. The fourth-order valence-electron chi connectivity index (χ4n) is 1.55. The molecule has 0 aliphatic heterocycles. The highest BCUT2D eigenvalue weighted by molar-refractivity contribution is 7.99. The Morgan fingerprint density at radius 3 is 2.78 bits per heavy atom. The molecule has 0 bridgehead atoms. The maximum absolute atomic E-state index is 11.6. The molecular weight excluding hydrogens is 244 g/mol. The van der Waals surface area contributed by atoms with Crippen molar-refractivity contribution < 1.29 is 4.79 Å². The van der Waals surface area contributed by atoms with Crippen molar-refractivity contribution in [3.63, 3.8) is 0 Å². The van der Waals surface area contributed by atoms with Crippen molar-refractivity contribution in [2.24, 2.45) is 5.73 Å². The molecule has 18 heavy (non-hydrogen) atoms. The van der Waals surface area contributed by atoms with Crippen molar-refractivity contribution in [2.45, 2.75) is 37.1 Å². The first-order valence-corrected chi connectivity index (χ1v) is 7.43. The van der Waals surface area contributed by atoms with Crippen LogP contribution < -0.4 is 11.1 Å². The number of carbonyl (C=O) groups excluding carboxylic acids is 1. The van der Waals surface area contributed by atoms with Crippen LogP contribution in [0.4, 0.5) is 0 Å². The number of hydrogen-bond donors (Lipinski definition) is 2. The van der Waals surface area contributed by atoms with E-state index < -0.39 is 0 Å². The molecule has 100 valence electrons. The molecule has 0 radical (unpaired) electrons. The molecule has 1 atom stereocenters. The van der Waals surface area contributed by atoms with Crippen LogP contribution in [0.15, 0.2) is 35.2 Å². The van der Waals surface area contributed by atoms with E-state index in [2.05, 4.69) is 24.4 Å². The number of hydrogen-bond acceptors (Lipinski definition) is 3. The summed E-state index contributed by atoms with van der Waals surface area (Å²) < 4.78 is 0. The number of nitrogens with two attached hydrogens (primary N) is 1. The van der Waals surface area contributed by atoms with Gasteiger partial charge in [-0.15, -0.1) is 11.8 Å². The molecule has 3 nitrogen and oxygen atoms in total. The predicted octanol–water partition coefficient (Wildman–Crippen LogP) is 2.41. The number of unbranched alkanes of at least 4 members (excludes halogenated alkanes) is 1. The Kier molecular flexibility index (Phi) is 7.53. The van der Waals surface area contributed by atoms with Gasteiger partial charge in [0.25, 0.3) is 0 Å². The molecule has 4 heteroatoms. The molecule has 1 aromatic carbocycles. The number of benzene rings is 1. The highest BCUT2D eigenvalue weighted by Gasteiger charge is 2.11. The average molecular weight is 266 g/mol. The van der Waals surface area contributed by atoms with E-state index in [9.17, 15) is 4.79 Å². The summed E-state index contributed by atoms with van der Waals surface area (Å²) in [6.07, 6.45) is 2.85. The quantitative estimate of drug-likeness (QED) is 0.561. The SMILES string of the molecule is CCCCC(N)C(=O)NCCSc1ccccc1. The third-order valence-electron chi connectivity index (χ3n) is 2.62. The Hall–Kier alpha value is -1.00. The first-order chi connectivity index (χ1) is 8.74. The van der Waals surface area contributed by atoms with Gasteiger partial charge < -0.3 is 11.1 Å². The van der Waals surface area contributed by atoms with Crippen LogP contribution in [0, 0.1) is 0 Å². The third-order valence-corrected chi connectivity index (χ3v) is 3.63. The molecule has 3 N–H and O–H groups in total. The van der Waals surface area contributed by atoms with Gasteiger partial charge in [-0.3, -0.25) is 4.79 Å². The number of amides is 1. The van der Waals surface area contributed by atoms with Gasteiger partial charge in [-0.25, -0.2) is 0 Å². The molecule has 0 heterocycles. The number of thioether (sulfide) groups is 1. The van der Waals surface area contributed by atoms with Crippen molar-refractivity contribution in [3.05, 3.63) is 30.3 Å². The molecule has 0 aliphatic carbocycles. The molecule has 1 amide bonds. The number of nitrogens with one attached hydrogen (secondary N) is 1. The van der Waals surface area contributed by atoms with Crippen LogP contribution in [0.5, 0.6) is 0 Å². The Balaban J connectivity index is 2.12. The van der Waals surface area contributed by atoms with Crippen molar-refractivity contribution in [2.75, 3.05) is 12.3 Å². The monoisotopic (exact) mass is 266 g/mol. The van der Waals surface area contributed by atoms with Crippen molar-refractivity contribution in [1.29, 1.82) is 0 Å². The van der Waals surface area contributed by atoms with Crippen molar-refractivity contribution in [3.8, 4) is 0 Å². The number of carbonyl (C=O) groups is 1. The van der Waals surface area contributed by atoms with Crippen LogP contribution in [0.3, 0.4) is 0 Å². The number of rotatable bonds is 8. The Labute approximate surface area is 114 Å². The van der Waals surface area contributed by atoms with E-state index in [1.165, 1.54) is 4.90 Å². The minimum absolute atomic E-state index is 0.0305. The van der Waals surface area contributed by atoms with Gasteiger partial charge in [-0.2, -0.15) is 0 Å². The van der Waals surface area contributed by atoms with Crippen molar-refractivity contribution >= 4 is 17.7 Å². The minimum Gasteiger partial charge on any atom is -0.354 e. The van der Waals surface area contributed by atoms with Gasteiger partial charge in [0.15, 0.2) is 0 Å². The molecule has 1 aromatic rings. The Morgan fingerprint density at radius 1 is 1.39 bits per heavy atom. The zero-order valence-corrected chi connectivity index (χ0v) is 11.7. The molecule has 0 fully saturated rings. The van der Waals surface area contributed by atoms with Gasteiger partial charge in [-0.1, -0.05) is 38.0 Å². The lowest BCUT2D eigenvalue weighted by Crippen LogP contribution is -2.41. The second-order valence-corrected chi connectivity index (χ2v) is 5.37. The fourth-order valence-corrected chi connectivity index (χ4v) is 2.34. The van der Waals surface area contributed by atoms with Crippen LogP contribution in [0.2, 0.25) is 0 Å². The fraction of sp³-hybridized carbons (Fsp3) is 0.500. The lowest BCUT2D eigenvalue weighted by Gasteiger charge is -2.11. The maximum atomic E-state index is 11.6. The first kappa shape index (κ1) is 15.1. The van der Waals surface area contributed by atoms with Crippen LogP contribution >= 0.6 is 11.8 Å². The predicted molar refractivity (Wildman–Crippen MR) is 77.7 cm³/mol. The summed E-state index contributed by atoms with van der Waals surface area (Å²) in [6.45, 7) is 2.76. The van der Waals surface area contributed by atoms with E-state index in [1.807, 2.05) is 18.2 Å². The second kappa shape index (κ2) is 9.00. The average Bonchev–Trinajstić information content (AvgIpc) is 2.41. The maximum Gasteiger partial charge on any atom is 0.236 e. The van der Waals surface area contributed by atoms with E-state index in [0.717, 1.165) is 25.0 Å². The smallest absolute Gasteiger partial charge is 0.236 e. The van der Waals surface area contributed by atoms with E-state index in [-0.39, 0.29) is 11.9 Å². The van der Waals surface area contributed by atoms with E-state index in [4.69, 9.17) is 5.73 Å². The van der Waals surface area contributed by atoms with Gasteiger partial charge >= 0.3 is 0 Å². The molecule has 1 rings (SSSR count). The van der Waals surface area contributed by atoms with Crippen LogP contribution in [0.25, 0.3) is 0 Å². The largest absolute Gasteiger partial charge is 0.354 e. The topological polar surface area (TPSA) is 55.1 Å². The van der Waals surface area contributed by atoms with E-state index in [0.29, 0.717) is 6.54 Å². The molecule has 0 spiro atoms. The molecule has 0 aromatic heterocycles. The normalized spacial score (nSPS) is 12.1. The summed E-state index contributed by atoms with van der Waals surface area (Å²) in [4.78, 5) is 12.8. The molecule has 0 saturated heterocycles. The summed E-state index contributed by atoms with van der Waals surface area (Å²) in [5.41, 5.74) is 5.78. The summed E-state index contributed by atoms with van der Waals surface area (Å²) in [6, 6.07) is 9.81. The van der Waals surface area contributed by atoms with Crippen LogP contribution in [-0.2, 0) is 4.79 Å². The molecule has 0 aliphatic rings. The summed E-state index contributed by atoms with van der Waals surface area (Å²) in [5.74, 6) is 0.841.